The lowest BCUT2D eigenvalue weighted by Gasteiger charge is -2.26. The van der Waals surface area contributed by atoms with Crippen molar-refractivity contribution < 1.29 is 0 Å². The second kappa shape index (κ2) is 5.34. The molecule has 0 radical (unpaired) electrons. The van der Waals surface area contributed by atoms with Gasteiger partial charge in [-0.2, -0.15) is 0 Å². The van der Waals surface area contributed by atoms with Crippen molar-refractivity contribution in [2.75, 3.05) is 6.54 Å². The molecule has 3 aromatic rings. The van der Waals surface area contributed by atoms with E-state index < -0.39 is 0 Å². The Morgan fingerprint density at radius 1 is 0.857 bits per heavy atom. The van der Waals surface area contributed by atoms with Crippen molar-refractivity contribution >= 4 is 10.8 Å². The van der Waals surface area contributed by atoms with E-state index >= 15 is 0 Å². The molecule has 21 heavy (non-hydrogen) atoms. The van der Waals surface area contributed by atoms with Crippen LogP contribution in [-0.4, -0.2) is 6.54 Å². The van der Waals surface area contributed by atoms with Gasteiger partial charge in [-0.15, -0.1) is 0 Å². The molecular formula is C20H19N. The van der Waals surface area contributed by atoms with Gasteiger partial charge in [0.2, 0.25) is 0 Å². The highest BCUT2D eigenvalue weighted by atomic mass is 14.9. The molecule has 1 aliphatic rings. The Balaban J connectivity index is 1.66. The van der Waals surface area contributed by atoms with Crippen LogP contribution >= 0.6 is 0 Å². The second-order valence-electron chi connectivity index (χ2n) is 5.91. The summed E-state index contributed by atoms with van der Waals surface area (Å²) in [5.41, 5.74) is 4.40. The van der Waals surface area contributed by atoms with Crippen LogP contribution in [0.4, 0.5) is 0 Å². The average Bonchev–Trinajstić information content (AvgIpc) is 2.55. The molecule has 0 fully saturated rings. The zero-order chi connectivity index (χ0) is 14.1. The first-order valence-corrected chi connectivity index (χ1v) is 7.66. The maximum absolute atomic E-state index is 3.55. The molecule has 1 unspecified atom stereocenters. The summed E-state index contributed by atoms with van der Waals surface area (Å²) < 4.78 is 0. The molecule has 0 spiro atoms. The van der Waals surface area contributed by atoms with Gasteiger partial charge in [-0.25, -0.2) is 0 Å². The van der Waals surface area contributed by atoms with E-state index in [9.17, 15) is 0 Å². The van der Waals surface area contributed by atoms with E-state index in [1.165, 1.54) is 27.5 Å². The fraction of sp³-hybridized carbons (Fsp3) is 0.200. The summed E-state index contributed by atoms with van der Waals surface area (Å²) in [4.78, 5) is 0. The molecule has 1 nitrogen and oxygen atoms in total. The molecule has 4 rings (SSSR count). The SMILES string of the molecule is c1ccc2c(c1)CNCC2Cc1ccc2ccccc2c1. The molecule has 0 aliphatic carbocycles. The number of benzene rings is 3. The Labute approximate surface area is 125 Å². The van der Waals surface area contributed by atoms with Crippen LogP contribution in [0.3, 0.4) is 0 Å². The minimum absolute atomic E-state index is 0.580. The summed E-state index contributed by atoms with van der Waals surface area (Å²) in [6.07, 6.45) is 1.11. The van der Waals surface area contributed by atoms with Gasteiger partial charge >= 0.3 is 0 Å². The standard InChI is InChI=1S/C20H19N/c1-2-6-17-11-15(9-10-16(17)5-1)12-19-14-21-13-18-7-3-4-8-20(18)19/h1-11,19,21H,12-14H2. The highest BCUT2D eigenvalue weighted by Gasteiger charge is 2.19. The van der Waals surface area contributed by atoms with E-state index in [0.717, 1.165) is 19.5 Å². The molecule has 0 amide bonds. The van der Waals surface area contributed by atoms with Gasteiger partial charge in [0.05, 0.1) is 0 Å². The topological polar surface area (TPSA) is 12.0 Å². The third kappa shape index (κ3) is 2.45. The van der Waals surface area contributed by atoms with Crippen molar-refractivity contribution in [1.29, 1.82) is 0 Å². The van der Waals surface area contributed by atoms with Crippen molar-refractivity contribution in [3.8, 4) is 0 Å². The van der Waals surface area contributed by atoms with E-state index in [4.69, 9.17) is 0 Å². The minimum atomic E-state index is 0.580. The first-order chi connectivity index (χ1) is 10.4. The number of nitrogens with one attached hydrogen (secondary N) is 1. The largest absolute Gasteiger partial charge is 0.312 e. The van der Waals surface area contributed by atoms with Crippen LogP contribution in [0.2, 0.25) is 0 Å². The Morgan fingerprint density at radius 3 is 2.62 bits per heavy atom. The Morgan fingerprint density at radius 2 is 1.67 bits per heavy atom. The first-order valence-electron chi connectivity index (χ1n) is 7.66. The van der Waals surface area contributed by atoms with Crippen molar-refractivity contribution in [3.05, 3.63) is 83.4 Å². The monoisotopic (exact) mass is 273 g/mol. The lowest BCUT2D eigenvalue weighted by Crippen LogP contribution is -2.29. The summed E-state index contributed by atoms with van der Waals surface area (Å²) in [7, 11) is 0. The van der Waals surface area contributed by atoms with Gasteiger partial charge in [0.15, 0.2) is 0 Å². The lowest BCUT2D eigenvalue weighted by molar-refractivity contribution is 0.539. The van der Waals surface area contributed by atoms with Gasteiger partial charge in [-0.3, -0.25) is 0 Å². The maximum Gasteiger partial charge on any atom is 0.0208 e. The predicted molar refractivity (Wildman–Crippen MR) is 88.5 cm³/mol. The van der Waals surface area contributed by atoms with Gasteiger partial charge in [-0.05, 0) is 33.9 Å². The molecule has 0 bridgehead atoms. The summed E-state index contributed by atoms with van der Waals surface area (Å²) in [6.45, 7) is 2.08. The fourth-order valence-corrected chi connectivity index (χ4v) is 3.42. The first kappa shape index (κ1) is 12.6. The molecule has 1 atom stereocenters. The van der Waals surface area contributed by atoms with Gasteiger partial charge < -0.3 is 5.32 Å². The third-order valence-corrected chi connectivity index (χ3v) is 4.50. The summed E-state index contributed by atoms with van der Waals surface area (Å²) in [5, 5.41) is 6.21. The predicted octanol–water partition coefficient (Wildman–Crippen LogP) is 4.27. The zero-order valence-electron chi connectivity index (χ0n) is 12.0. The molecule has 0 aromatic heterocycles. The molecule has 0 saturated carbocycles. The molecule has 0 saturated heterocycles. The van der Waals surface area contributed by atoms with Crippen LogP contribution in [0, 0.1) is 0 Å². The van der Waals surface area contributed by atoms with E-state index in [1.54, 1.807) is 0 Å². The number of fused-ring (bicyclic) bond motifs is 2. The van der Waals surface area contributed by atoms with Gasteiger partial charge in [0.25, 0.3) is 0 Å². The minimum Gasteiger partial charge on any atom is -0.312 e. The van der Waals surface area contributed by atoms with Crippen LogP contribution in [0.25, 0.3) is 10.8 Å². The van der Waals surface area contributed by atoms with Crippen molar-refractivity contribution in [1.82, 2.24) is 5.32 Å². The smallest absolute Gasteiger partial charge is 0.0208 e. The summed E-state index contributed by atoms with van der Waals surface area (Å²) in [6, 6.07) is 24.3. The van der Waals surface area contributed by atoms with Gasteiger partial charge in [0, 0.05) is 19.0 Å². The van der Waals surface area contributed by atoms with Crippen LogP contribution in [0.1, 0.15) is 22.6 Å². The molecule has 1 heteroatoms. The van der Waals surface area contributed by atoms with E-state index in [2.05, 4.69) is 72.0 Å². The Bertz CT molecular complexity index is 775. The molecule has 104 valence electrons. The molecule has 1 aliphatic heterocycles. The van der Waals surface area contributed by atoms with Crippen molar-refractivity contribution in [2.24, 2.45) is 0 Å². The Kier molecular flexibility index (Phi) is 3.21. The molecule has 1 heterocycles. The highest BCUT2D eigenvalue weighted by molar-refractivity contribution is 5.83. The van der Waals surface area contributed by atoms with Gasteiger partial charge in [-0.1, -0.05) is 66.7 Å². The average molecular weight is 273 g/mol. The normalized spacial score (nSPS) is 17.6. The van der Waals surface area contributed by atoms with Crippen LogP contribution in [0.5, 0.6) is 0 Å². The molecular weight excluding hydrogens is 254 g/mol. The number of rotatable bonds is 2. The van der Waals surface area contributed by atoms with E-state index in [0.29, 0.717) is 5.92 Å². The summed E-state index contributed by atoms with van der Waals surface area (Å²) >= 11 is 0. The van der Waals surface area contributed by atoms with E-state index in [1.807, 2.05) is 0 Å². The molecule has 3 aromatic carbocycles. The van der Waals surface area contributed by atoms with Crippen LogP contribution in [0.15, 0.2) is 66.7 Å². The quantitative estimate of drug-likeness (QED) is 0.735. The number of hydrogen-bond acceptors (Lipinski definition) is 1. The van der Waals surface area contributed by atoms with E-state index in [-0.39, 0.29) is 0 Å². The van der Waals surface area contributed by atoms with Gasteiger partial charge in [0.1, 0.15) is 0 Å². The maximum atomic E-state index is 3.55. The van der Waals surface area contributed by atoms with Crippen LogP contribution in [-0.2, 0) is 13.0 Å². The lowest BCUT2D eigenvalue weighted by atomic mass is 9.86. The number of hydrogen-bond donors (Lipinski definition) is 1. The van der Waals surface area contributed by atoms with Crippen molar-refractivity contribution in [3.63, 3.8) is 0 Å². The Hall–Kier alpha value is -2.12. The summed E-state index contributed by atoms with van der Waals surface area (Å²) in [5.74, 6) is 0.580. The molecule has 1 N–H and O–H groups in total. The third-order valence-electron chi connectivity index (χ3n) is 4.50. The van der Waals surface area contributed by atoms with Crippen LogP contribution < -0.4 is 5.32 Å². The highest BCUT2D eigenvalue weighted by Crippen LogP contribution is 2.28. The zero-order valence-corrected chi connectivity index (χ0v) is 12.0. The fourth-order valence-electron chi connectivity index (χ4n) is 3.42. The van der Waals surface area contributed by atoms with Crippen molar-refractivity contribution in [2.45, 2.75) is 18.9 Å². The second-order valence-corrected chi connectivity index (χ2v) is 5.91.